The monoisotopic (exact) mass is 236 g/mol. The van der Waals surface area contributed by atoms with Crippen LogP contribution in [-0.2, 0) is 12.1 Å². The fourth-order valence-electron chi connectivity index (χ4n) is 2.10. The van der Waals surface area contributed by atoms with Gasteiger partial charge in [-0.1, -0.05) is 0 Å². The largest absolute Gasteiger partial charge is 0.314 e. The highest BCUT2D eigenvalue weighted by molar-refractivity contribution is 5.16. The first kappa shape index (κ1) is 12.6. The molecule has 1 fully saturated rings. The zero-order valence-corrected chi connectivity index (χ0v) is 11.5. The van der Waals surface area contributed by atoms with Crippen molar-refractivity contribution in [3.63, 3.8) is 0 Å². The van der Waals surface area contributed by atoms with Gasteiger partial charge in [-0.05, 0) is 27.7 Å². The number of rotatable bonds is 2. The lowest BCUT2D eigenvalue weighted by Gasteiger charge is -2.26. The summed E-state index contributed by atoms with van der Waals surface area (Å²) in [5.74, 6) is 0. The van der Waals surface area contributed by atoms with Gasteiger partial charge in [-0.25, -0.2) is 0 Å². The molecule has 0 amide bonds. The average molecular weight is 236 g/mol. The van der Waals surface area contributed by atoms with E-state index >= 15 is 0 Å². The van der Waals surface area contributed by atoms with Crippen molar-refractivity contribution in [1.29, 1.82) is 0 Å². The Morgan fingerprint density at radius 1 is 1.29 bits per heavy atom. The Bertz CT molecular complexity index is 369. The van der Waals surface area contributed by atoms with E-state index in [0.29, 0.717) is 0 Å². The molecular formula is C13H24N4. The number of hydrogen-bond acceptors (Lipinski definition) is 3. The first-order valence-electron chi connectivity index (χ1n) is 6.45. The zero-order valence-electron chi connectivity index (χ0n) is 11.5. The summed E-state index contributed by atoms with van der Waals surface area (Å²) in [6.45, 7) is 14.2. The van der Waals surface area contributed by atoms with Crippen molar-refractivity contribution in [2.24, 2.45) is 0 Å². The molecule has 1 aliphatic heterocycles. The molecule has 17 heavy (non-hydrogen) atoms. The van der Waals surface area contributed by atoms with E-state index in [9.17, 15) is 0 Å². The summed E-state index contributed by atoms with van der Waals surface area (Å²) in [7, 11) is 0. The van der Waals surface area contributed by atoms with Crippen molar-refractivity contribution in [1.82, 2.24) is 20.0 Å². The molecule has 1 saturated heterocycles. The van der Waals surface area contributed by atoms with Gasteiger partial charge in [0, 0.05) is 44.5 Å². The van der Waals surface area contributed by atoms with Gasteiger partial charge in [0.05, 0.1) is 11.2 Å². The Morgan fingerprint density at radius 2 is 1.94 bits per heavy atom. The van der Waals surface area contributed by atoms with Gasteiger partial charge in [0.25, 0.3) is 0 Å². The molecule has 96 valence electrons. The van der Waals surface area contributed by atoms with Crippen LogP contribution in [0.15, 0.2) is 6.20 Å². The summed E-state index contributed by atoms with van der Waals surface area (Å²) in [4.78, 5) is 2.49. The van der Waals surface area contributed by atoms with Gasteiger partial charge in [-0.3, -0.25) is 9.58 Å². The van der Waals surface area contributed by atoms with Crippen LogP contribution >= 0.6 is 0 Å². The molecule has 2 rings (SSSR count). The van der Waals surface area contributed by atoms with E-state index in [1.54, 1.807) is 0 Å². The molecule has 1 N–H and O–H groups in total. The van der Waals surface area contributed by atoms with Crippen LogP contribution in [0.5, 0.6) is 0 Å². The van der Waals surface area contributed by atoms with Crippen LogP contribution in [-0.4, -0.2) is 40.9 Å². The Balaban J connectivity index is 2.07. The van der Waals surface area contributed by atoms with Gasteiger partial charge >= 0.3 is 0 Å². The lowest BCUT2D eigenvalue weighted by atomic mass is 10.1. The predicted octanol–water partition coefficient (Wildman–Crippen LogP) is 1.35. The maximum atomic E-state index is 4.62. The summed E-state index contributed by atoms with van der Waals surface area (Å²) in [5.41, 5.74) is 2.60. The van der Waals surface area contributed by atoms with E-state index in [4.69, 9.17) is 0 Å². The summed E-state index contributed by atoms with van der Waals surface area (Å²) in [6.07, 6.45) is 2.21. The third kappa shape index (κ3) is 3.07. The van der Waals surface area contributed by atoms with E-state index < -0.39 is 0 Å². The molecule has 0 spiro atoms. The van der Waals surface area contributed by atoms with Crippen molar-refractivity contribution in [3.05, 3.63) is 17.5 Å². The van der Waals surface area contributed by atoms with Gasteiger partial charge in [-0.15, -0.1) is 0 Å². The molecule has 4 heteroatoms. The second kappa shape index (κ2) is 4.78. The van der Waals surface area contributed by atoms with Crippen LogP contribution in [0.2, 0.25) is 0 Å². The van der Waals surface area contributed by atoms with E-state index in [0.717, 1.165) is 32.7 Å². The van der Waals surface area contributed by atoms with Crippen molar-refractivity contribution in [2.75, 3.05) is 26.2 Å². The fraction of sp³-hybridized carbons (Fsp3) is 0.769. The van der Waals surface area contributed by atoms with Gasteiger partial charge in [0.2, 0.25) is 0 Å². The van der Waals surface area contributed by atoms with E-state index in [1.807, 2.05) is 0 Å². The number of nitrogens with one attached hydrogen (secondary N) is 1. The second-order valence-corrected chi connectivity index (χ2v) is 5.88. The Labute approximate surface area is 104 Å². The van der Waals surface area contributed by atoms with E-state index in [1.165, 1.54) is 11.3 Å². The maximum absolute atomic E-state index is 4.62. The first-order chi connectivity index (χ1) is 7.97. The molecule has 0 radical (unpaired) electrons. The Morgan fingerprint density at radius 3 is 2.47 bits per heavy atom. The van der Waals surface area contributed by atoms with Crippen LogP contribution in [0.4, 0.5) is 0 Å². The summed E-state index contributed by atoms with van der Waals surface area (Å²) >= 11 is 0. The topological polar surface area (TPSA) is 33.1 Å². The Kier molecular flexibility index (Phi) is 3.54. The van der Waals surface area contributed by atoms with Crippen LogP contribution in [0.1, 0.15) is 32.0 Å². The normalized spacial score (nSPS) is 18.6. The molecule has 0 aliphatic carbocycles. The minimum atomic E-state index is 0.0759. The lowest BCUT2D eigenvalue weighted by Crippen LogP contribution is -2.42. The molecule has 1 aromatic rings. The van der Waals surface area contributed by atoms with Crippen molar-refractivity contribution < 1.29 is 0 Å². The quantitative estimate of drug-likeness (QED) is 0.841. The fourth-order valence-corrected chi connectivity index (χ4v) is 2.10. The molecule has 0 atom stereocenters. The number of nitrogens with zero attached hydrogens (tertiary/aromatic N) is 3. The highest BCUT2D eigenvalue weighted by Gasteiger charge is 2.18. The molecular weight excluding hydrogens is 212 g/mol. The SMILES string of the molecule is Cc1nn(C(C)(C)C)cc1CN1CCNCC1. The predicted molar refractivity (Wildman–Crippen MR) is 70.1 cm³/mol. The molecule has 0 bridgehead atoms. The van der Waals surface area contributed by atoms with Gasteiger partial charge < -0.3 is 5.32 Å². The van der Waals surface area contributed by atoms with E-state index in [-0.39, 0.29) is 5.54 Å². The summed E-state index contributed by atoms with van der Waals surface area (Å²) < 4.78 is 2.08. The van der Waals surface area contributed by atoms with Gasteiger partial charge in [0.15, 0.2) is 0 Å². The summed E-state index contributed by atoms with van der Waals surface area (Å²) in [6, 6.07) is 0. The smallest absolute Gasteiger partial charge is 0.0638 e. The number of aromatic nitrogens is 2. The van der Waals surface area contributed by atoms with E-state index in [2.05, 4.69) is 53.9 Å². The Hall–Kier alpha value is -0.870. The van der Waals surface area contributed by atoms with Gasteiger partial charge in [-0.2, -0.15) is 5.10 Å². The van der Waals surface area contributed by atoms with Crippen molar-refractivity contribution >= 4 is 0 Å². The second-order valence-electron chi connectivity index (χ2n) is 5.88. The molecule has 0 aromatic carbocycles. The molecule has 0 unspecified atom stereocenters. The standard InChI is InChI=1S/C13H24N4/c1-11-12(9-16-7-5-14-6-8-16)10-17(15-11)13(2,3)4/h10,14H,5-9H2,1-4H3. The molecule has 1 aromatic heterocycles. The lowest BCUT2D eigenvalue weighted by molar-refractivity contribution is 0.232. The molecule has 0 saturated carbocycles. The third-order valence-corrected chi connectivity index (χ3v) is 3.29. The van der Waals surface area contributed by atoms with Gasteiger partial charge in [0.1, 0.15) is 0 Å². The number of aryl methyl sites for hydroxylation is 1. The maximum Gasteiger partial charge on any atom is 0.0638 e. The van der Waals surface area contributed by atoms with Crippen LogP contribution in [0.3, 0.4) is 0 Å². The average Bonchev–Trinajstić information content (AvgIpc) is 2.62. The highest BCUT2D eigenvalue weighted by atomic mass is 15.3. The zero-order chi connectivity index (χ0) is 12.5. The van der Waals surface area contributed by atoms with Crippen molar-refractivity contribution in [3.8, 4) is 0 Å². The molecule has 4 nitrogen and oxygen atoms in total. The van der Waals surface area contributed by atoms with Crippen LogP contribution < -0.4 is 5.32 Å². The van der Waals surface area contributed by atoms with Crippen molar-refractivity contribution in [2.45, 2.75) is 39.8 Å². The first-order valence-corrected chi connectivity index (χ1v) is 6.45. The minimum absolute atomic E-state index is 0.0759. The molecule has 2 heterocycles. The van der Waals surface area contributed by atoms with Crippen LogP contribution in [0, 0.1) is 6.92 Å². The third-order valence-electron chi connectivity index (χ3n) is 3.29. The minimum Gasteiger partial charge on any atom is -0.314 e. The highest BCUT2D eigenvalue weighted by Crippen LogP contribution is 2.17. The molecule has 1 aliphatic rings. The summed E-state index contributed by atoms with van der Waals surface area (Å²) in [5, 5.41) is 8.00. The van der Waals surface area contributed by atoms with Crippen LogP contribution in [0.25, 0.3) is 0 Å². The number of hydrogen-bond donors (Lipinski definition) is 1. The number of piperazine rings is 1.